The molecule has 0 spiro atoms. The molecule has 0 aromatic heterocycles. The van der Waals surface area contributed by atoms with Gasteiger partial charge in [0.2, 0.25) is 0 Å². The quantitative estimate of drug-likeness (QED) is 0.728. The fourth-order valence-corrected chi connectivity index (χ4v) is 2.88. The molecule has 1 fully saturated rings. The molecule has 1 aromatic rings. The minimum absolute atomic E-state index is 0.793. The number of rotatable bonds is 3. The molecular weight excluding hydrogens is 213 g/mol. The van der Waals surface area contributed by atoms with Gasteiger partial charge in [0.1, 0.15) is 0 Å². The third-order valence-electron chi connectivity index (χ3n) is 3.58. The second-order valence-corrected chi connectivity index (χ2v) is 5.39. The third kappa shape index (κ3) is 3.06. The lowest BCUT2D eigenvalue weighted by Crippen LogP contribution is -2.34. The van der Waals surface area contributed by atoms with Gasteiger partial charge in [0.05, 0.1) is 0 Å². The molecule has 1 unspecified atom stereocenters. The highest BCUT2D eigenvalue weighted by Gasteiger charge is 2.19. The summed E-state index contributed by atoms with van der Waals surface area (Å²) >= 11 is 0. The van der Waals surface area contributed by atoms with E-state index in [1.165, 1.54) is 49.8 Å². The maximum absolute atomic E-state index is 2.82. The van der Waals surface area contributed by atoms with Crippen molar-refractivity contribution in [3.8, 4) is 0 Å². The van der Waals surface area contributed by atoms with Gasteiger partial charge in [0.25, 0.3) is 0 Å². The average Bonchev–Trinajstić information content (AvgIpc) is 2.32. The van der Waals surface area contributed by atoms with Gasteiger partial charge in [0.15, 0.2) is 0 Å². The smallest absolute Gasteiger partial charge is 0.00159 e. The van der Waals surface area contributed by atoms with Crippen molar-refractivity contribution in [3.63, 3.8) is 0 Å². The summed E-state index contributed by atoms with van der Waals surface area (Å²) in [6.07, 6.45) is 3.86. The van der Waals surface area contributed by atoms with Crippen LogP contribution in [-0.2, 0) is 0 Å². The number of benzene rings is 1. The van der Waals surface area contributed by atoms with Crippen molar-refractivity contribution in [1.82, 2.24) is 4.90 Å². The van der Waals surface area contributed by atoms with Crippen LogP contribution in [0.2, 0.25) is 0 Å². The predicted octanol–water partition coefficient (Wildman–Crippen LogP) is 3.05. The fraction of sp³-hybridized carbons (Fsp3) is 0.571. The Kier molecular flexibility index (Phi) is 4.37. The molecule has 0 N–H and O–H groups in total. The summed E-state index contributed by atoms with van der Waals surface area (Å²) in [6.45, 7) is 5.94. The zero-order valence-corrected chi connectivity index (χ0v) is 11.3. The second kappa shape index (κ2) is 5.80. The summed E-state index contributed by atoms with van der Waals surface area (Å²) in [5.74, 6) is 0.793. The summed E-state index contributed by atoms with van der Waals surface area (Å²) in [7, 11) is 2.82. The Morgan fingerprint density at radius 2 is 1.81 bits per heavy atom. The average molecular weight is 235 g/mol. The molecule has 1 saturated heterocycles. The van der Waals surface area contributed by atoms with E-state index >= 15 is 0 Å². The van der Waals surface area contributed by atoms with Crippen LogP contribution >= 0.6 is 9.24 Å². The Balaban J connectivity index is 1.91. The SMILES string of the molecule is Cc1ccc(C2CCN(CCP)CC2)cc1. The van der Waals surface area contributed by atoms with Gasteiger partial charge in [-0.2, -0.15) is 0 Å². The van der Waals surface area contributed by atoms with Gasteiger partial charge in [-0.3, -0.25) is 0 Å². The van der Waals surface area contributed by atoms with E-state index in [-0.39, 0.29) is 0 Å². The molecule has 1 aromatic carbocycles. The van der Waals surface area contributed by atoms with Gasteiger partial charge in [0, 0.05) is 6.54 Å². The molecule has 1 aliphatic rings. The van der Waals surface area contributed by atoms with Crippen molar-refractivity contribution in [2.24, 2.45) is 0 Å². The first-order valence-corrected chi connectivity index (χ1v) is 7.10. The zero-order chi connectivity index (χ0) is 11.4. The lowest BCUT2D eigenvalue weighted by atomic mass is 9.89. The Bertz CT molecular complexity index is 312. The van der Waals surface area contributed by atoms with Crippen LogP contribution in [0.25, 0.3) is 0 Å². The summed E-state index contributed by atoms with van der Waals surface area (Å²) < 4.78 is 0. The zero-order valence-electron chi connectivity index (χ0n) is 10.2. The maximum atomic E-state index is 2.82. The highest BCUT2D eigenvalue weighted by molar-refractivity contribution is 7.16. The maximum Gasteiger partial charge on any atom is 0.00159 e. The molecule has 88 valence electrons. The van der Waals surface area contributed by atoms with Crippen LogP contribution in [0.15, 0.2) is 24.3 Å². The first-order chi connectivity index (χ1) is 7.79. The molecule has 0 saturated carbocycles. The Morgan fingerprint density at radius 3 is 2.38 bits per heavy atom. The molecule has 2 heteroatoms. The molecule has 1 aliphatic heterocycles. The van der Waals surface area contributed by atoms with E-state index in [4.69, 9.17) is 0 Å². The van der Waals surface area contributed by atoms with E-state index in [0.29, 0.717) is 0 Å². The fourth-order valence-electron chi connectivity index (χ4n) is 2.51. The number of likely N-dealkylation sites (tertiary alicyclic amines) is 1. The molecule has 0 bridgehead atoms. The van der Waals surface area contributed by atoms with E-state index in [0.717, 1.165) is 5.92 Å². The van der Waals surface area contributed by atoms with Crippen molar-refractivity contribution in [2.75, 3.05) is 25.8 Å². The summed E-state index contributed by atoms with van der Waals surface area (Å²) in [6, 6.07) is 9.10. The van der Waals surface area contributed by atoms with E-state index in [2.05, 4.69) is 45.3 Å². The third-order valence-corrected chi connectivity index (χ3v) is 3.84. The van der Waals surface area contributed by atoms with Crippen molar-refractivity contribution in [3.05, 3.63) is 35.4 Å². The van der Waals surface area contributed by atoms with E-state index in [1.54, 1.807) is 0 Å². The van der Waals surface area contributed by atoms with Crippen LogP contribution in [0.4, 0.5) is 0 Å². The summed E-state index contributed by atoms with van der Waals surface area (Å²) in [5, 5.41) is 0. The lowest BCUT2D eigenvalue weighted by molar-refractivity contribution is 0.224. The minimum atomic E-state index is 0.793. The van der Waals surface area contributed by atoms with Crippen molar-refractivity contribution < 1.29 is 0 Å². The van der Waals surface area contributed by atoms with Crippen LogP contribution in [0.1, 0.15) is 29.9 Å². The van der Waals surface area contributed by atoms with Crippen molar-refractivity contribution in [1.29, 1.82) is 0 Å². The van der Waals surface area contributed by atoms with Crippen LogP contribution in [-0.4, -0.2) is 30.7 Å². The van der Waals surface area contributed by atoms with Gasteiger partial charge in [-0.1, -0.05) is 29.8 Å². The molecular formula is C14H22NP. The van der Waals surface area contributed by atoms with Gasteiger partial charge in [-0.05, 0) is 50.5 Å². The molecule has 0 aliphatic carbocycles. The molecule has 1 heterocycles. The minimum Gasteiger partial charge on any atom is -0.303 e. The number of aryl methyl sites for hydroxylation is 1. The van der Waals surface area contributed by atoms with Crippen LogP contribution in [0.3, 0.4) is 0 Å². The summed E-state index contributed by atoms with van der Waals surface area (Å²) in [4.78, 5) is 2.58. The van der Waals surface area contributed by atoms with Crippen LogP contribution in [0.5, 0.6) is 0 Å². The van der Waals surface area contributed by atoms with Gasteiger partial charge < -0.3 is 4.90 Å². The molecule has 2 rings (SSSR count). The highest BCUT2D eigenvalue weighted by atomic mass is 31.0. The topological polar surface area (TPSA) is 3.24 Å². The van der Waals surface area contributed by atoms with E-state index in [9.17, 15) is 0 Å². The first-order valence-electron chi connectivity index (χ1n) is 6.28. The summed E-state index contributed by atoms with van der Waals surface area (Å²) in [5.41, 5.74) is 2.90. The van der Waals surface area contributed by atoms with Crippen molar-refractivity contribution in [2.45, 2.75) is 25.7 Å². The molecule has 0 radical (unpaired) electrons. The second-order valence-electron chi connectivity index (χ2n) is 4.82. The number of hydrogen-bond donors (Lipinski definition) is 0. The molecule has 0 amide bonds. The highest BCUT2D eigenvalue weighted by Crippen LogP contribution is 2.27. The molecule has 1 nitrogen and oxygen atoms in total. The normalized spacial score (nSPS) is 18.9. The van der Waals surface area contributed by atoms with Crippen LogP contribution in [0, 0.1) is 6.92 Å². The number of hydrogen-bond acceptors (Lipinski definition) is 1. The monoisotopic (exact) mass is 235 g/mol. The van der Waals surface area contributed by atoms with E-state index < -0.39 is 0 Å². The number of nitrogens with zero attached hydrogens (tertiary/aromatic N) is 1. The van der Waals surface area contributed by atoms with Crippen molar-refractivity contribution >= 4 is 9.24 Å². The Morgan fingerprint density at radius 1 is 1.19 bits per heavy atom. The van der Waals surface area contributed by atoms with E-state index in [1.807, 2.05) is 0 Å². The predicted molar refractivity (Wildman–Crippen MR) is 74.2 cm³/mol. The van der Waals surface area contributed by atoms with Crippen LogP contribution < -0.4 is 0 Å². The van der Waals surface area contributed by atoms with Gasteiger partial charge >= 0.3 is 0 Å². The number of piperidine rings is 1. The Hall–Kier alpha value is -0.390. The largest absolute Gasteiger partial charge is 0.303 e. The Labute approximate surface area is 101 Å². The molecule has 16 heavy (non-hydrogen) atoms. The molecule has 1 atom stereocenters. The standard InChI is InChI=1S/C14H22NP/c1-12-2-4-13(5-3-12)14-6-8-15(9-7-14)10-11-16/h2-5,14H,6-11,16H2,1H3. The van der Waals surface area contributed by atoms with Gasteiger partial charge in [-0.25, -0.2) is 0 Å². The first kappa shape index (κ1) is 12.1. The lowest BCUT2D eigenvalue weighted by Gasteiger charge is -2.31. The van der Waals surface area contributed by atoms with Gasteiger partial charge in [-0.15, -0.1) is 9.24 Å².